The Morgan fingerprint density at radius 3 is 2.48 bits per heavy atom. The van der Waals surface area contributed by atoms with Gasteiger partial charge in [-0.25, -0.2) is 4.98 Å². The van der Waals surface area contributed by atoms with Gasteiger partial charge < -0.3 is 15.8 Å². The normalized spacial score (nSPS) is 11.9. The van der Waals surface area contributed by atoms with Crippen molar-refractivity contribution >= 4 is 28.1 Å². The molecule has 1 atom stereocenters. The molecule has 2 aromatic carbocycles. The summed E-state index contributed by atoms with van der Waals surface area (Å²) in [6.07, 6.45) is -0.618. The number of thiazole rings is 1. The highest BCUT2D eigenvalue weighted by Crippen LogP contribution is 2.30. The van der Waals surface area contributed by atoms with Gasteiger partial charge in [0.25, 0.3) is 5.91 Å². The fourth-order valence-electron chi connectivity index (χ4n) is 2.75. The van der Waals surface area contributed by atoms with Crippen LogP contribution in [0.3, 0.4) is 0 Å². The zero-order valence-corrected chi connectivity index (χ0v) is 16.7. The van der Waals surface area contributed by atoms with Crippen LogP contribution in [0.5, 0.6) is 5.75 Å². The molecule has 6 heteroatoms. The van der Waals surface area contributed by atoms with Crippen LogP contribution in [-0.4, -0.2) is 17.0 Å². The molecule has 0 spiro atoms. The maximum absolute atomic E-state index is 12.5. The van der Waals surface area contributed by atoms with Crippen molar-refractivity contribution in [2.24, 2.45) is 0 Å². The van der Waals surface area contributed by atoms with Crippen molar-refractivity contribution in [2.45, 2.75) is 33.8 Å². The third kappa shape index (κ3) is 4.28. The van der Waals surface area contributed by atoms with Gasteiger partial charge in [0, 0.05) is 16.1 Å². The van der Waals surface area contributed by atoms with E-state index in [-0.39, 0.29) is 5.91 Å². The number of benzene rings is 2. The largest absolute Gasteiger partial charge is 0.481 e. The van der Waals surface area contributed by atoms with Crippen molar-refractivity contribution in [3.63, 3.8) is 0 Å². The van der Waals surface area contributed by atoms with Crippen LogP contribution >= 0.6 is 11.3 Å². The molecule has 0 aliphatic heterocycles. The van der Waals surface area contributed by atoms with Crippen molar-refractivity contribution in [1.29, 1.82) is 0 Å². The van der Waals surface area contributed by atoms with Crippen molar-refractivity contribution in [3.05, 3.63) is 58.5 Å². The molecule has 1 amide bonds. The predicted molar refractivity (Wildman–Crippen MR) is 111 cm³/mol. The molecular formula is C21H23N3O2S. The zero-order chi connectivity index (χ0) is 19.6. The SMILES string of the molecule is Cc1cccc(NC(=O)C(C)Oc2ccc(-c3nc(N)sc3C)cc2)c1C. The van der Waals surface area contributed by atoms with E-state index < -0.39 is 6.10 Å². The molecule has 1 heterocycles. The summed E-state index contributed by atoms with van der Waals surface area (Å²) in [5, 5.41) is 3.49. The Hall–Kier alpha value is -2.86. The van der Waals surface area contributed by atoms with E-state index >= 15 is 0 Å². The molecular weight excluding hydrogens is 358 g/mol. The zero-order valence-electron chi connectivity index (χ0n) is 15.9. The molecule has 0 fully saturated rings. The molecule has 0 aliphatic rings. The van der Waals surface area contributed by atoms with Crippen LogP contribution in [-0.2, 0) is 4.79 Å². The second kappa shape index (κ2) is 7.80. The molecule has 3 rings (SSSR count). The Balaban J connectivity index is 1.67. The standard InChI is InChI=1S/C21H23N3O2S/c1-12-6-5-7-18(13(12)2)23-20(25)14(3)26-17-10-8-16(9-11-17)19-15(4)27-21(22)24-19/h5-11,14H,1-4H3,(H2,22,24)(H,23,25). The molecule has 3 aromatic rings. The van der Waals surface area contributed by atoms with E-state index in [2.05, 4.69) is 10.3 Å². The first-order valence-electron chi connectivity index (χ1n) is 8.72. The van der Waals surface area contributed by atoms with Crippen LogP contribution in [0, 0.1) is 20.8 Å². The minimum Gasteiger partial charge on any atom is -0.481 e. The number of carbonyl (C=O) groups is 1. The summed E-state index contributed by atoms with van der Waals surface area (Å²) in [6.45, 7) is 7.74. The lowest BCUT2D eigenvalue weighted by molar-refractivity contribution is -0.122. The molecule has 140 valence electrons. The molecule has 0 aliphatic carbocycles. The van der Waals surface area contributed by atoms with Gasteiger partial charge in [-0.15, -0.1) is 11.3 Å². The maximum Gasteiger partial charge on any atom is 0.265 e. The second-order valence-electron chi connectivity index (χ2n) is 6.48. The molecule has 3 N–H and O–H groups in total. The van der Waals surface area contributed by atoms with E-state index in [1.165, 1.54) is 11.3 Å². The van der Waals surface area contributed by atoms with Crippen molar-refractivity contribution in [2.75, 3.05) is 11.1 Å². The number of hydrogen-bond acceptors (Lipinski definition) is 5. The number of nitrogens with two attached hydrogens (primary N) is 1. The number of hydrogen-bond donors (Lipinski definition) is 2. The van der Waals surface area contributed by atoms with Crippen molar-refractivity contribution in [3.8, 4) is 17.0 Å². The van der Waals surface area contributed by atoms with Gasteiger partial charge in [0.1, 0.15) is 5.75 Å². The Labute approximate surface area is 163 Å². The van der Waals surface area contributed by atoms with Gasteiger partial charge in [-0.3, -0.25) is 4.79 Å². The van der Waals surface area contributed by atoms with E-state index in [1.807, 2.05) is 63.2 Å². The number of nitrogens with one attached hydrogen (secondary N) is 1. The summed E-state index contributed by atoms with van der Waals surface area (Å²) in [7, 11) is 0. The van der Waals surface area contributed by atoms with Gasteiger partial charge in [0.2, 0.25) is 0 Å². The molecule has 0 bridgehead atoms. The Morgan fingerprint density at radius 1 is 1.15 bits per heavy atom. The van der Waals surface area contributed by atoms with Gasteiger partial charge in [0.15, 0.2) is 11.2 Å². The van der Waals surface area contributed by atoms with E-state index in [0.29, 0.717) is 10.9 Å². The van der Waals surface area contributed by atoms with Gasteiger partial charge in [-0.05, 0) is 69.2 Å². The summed E-state index contributed by atoms with van der Waals surface area (Å²) in [4.78, 5) is 17.9. The van der Waals surface area contributed by atoms with E-state index in [0.717, 1.165) is 32.9 Å². The highest BCUT2D eigenvalue weighted by molar-refractivity contribution is 7.15. The lowest BCUT2D eigenvalue weighted by Crippen LogP contribution is -2.30. The summed E-state index contributed by atoms with van der Waals surface area (Å²) in [5.74, 6) is 0.444. The number of nitrogen functional groups attached to an aromatic ring is 1. The van der Waals surface area contributed by atoms with Crippen LogP contribution in [0.25, 0.3) is 11.3 Å². The monoisotopic (exact) mass is 381 g/mol. The highest BCUT2D eigenvalue weighted by atomic mass is 32.1. The lowest BCUT2D eigenvalue weighted by atomic mass is 10.1. The quantitative estimate of drug-likeness (QED) is 0.670. The second-order valence-corrected chi connectivity index (χ2v) is 7.71. The molecule has 0 saturated heterocycles. The number of ether oxygens (including phenoxy) is 1. The van der Waals surface area contributed by atoms with Crippen LogP contribution in [0.2, 0.25) is 0 Å². The van der Waals surface area contributed by atoms with Crippen LogP contribution in [0.15, 0.2) is 42.5 Å². The smallest absolute Gasteiger partial charge is 0.265 e. The number of rotatable bonds is 5. The Kier molecular flexibility index (Phi) is 5.46. The summed E-state index contributed by atoms with van der Waals surface area (Å²) < 4.78 is 5.79. The van der Waals surface area contributed by atoms with Gasteiger partial charge in [-0.1, -0.05) is 12.1 Å². The van der Waals surface area contributed by atoms with Crippen molar-refractivity contribution < 1.29 is 9.53 Å². The first kappa shape index (κ1) is 18.9. The van der Waals surface area contributed by atoms with E-state index in [4.69, 9.17) is 10.5 Å². The summed E-state index contributed by atoms with van der Waals surface area (Å²) in [6, 6.07) is 13.4. The van der Waals surface area contributed by atoms with Crippen molar-refractivity contribution in [1.82, 2.24) is 4.98 Å². The fraction of sp³-hybridized carbons (Fsp3) is 0.238. The van der Waals surface area contributed by atoms with Crippen LogP contribution < -0.4 is 15.8 Å². The molecule has 27 heavy (non-hydrogen) atoms. The number of carbonyl (C=O) groups excluding carboxylic acids is 1. The fourth-order valence-corrected chi connectivity index (χ4v) is 3.47. The van der Waals surface area contributed by atoms with E-state index in [9.17, 15) is 4.79 Å². The number of amides is 1. The van der Waals surface area contributed by atoms with Crippen LogP contribution in [0.1, 0.15) is 22.9 Å². The topological polar surface area (TPSA) is 77.2 Å². The first-order valence-corrected chi connectivity index (χ1v) is 9.54. The number of aromatic nitrogens is 1. The lowest BCUT2D eigenvalue weighted by Gasteiger charge is -2.16. The minimum atomic E-state index is -0.618. The maximum atomic E-state index is 12.5. The minimum absolute atomic E-state index is 0.184. The molecule has 1 unspecified atom stereocenters. The molecule has 5 nitrogen and oxygen atoms in total. The van der Waals surface area contributed by atoms with Gasteiger partial charge in [0.05, 0.1) is 5.69 Å². The first-order chi connectivity index (χ1) is 12.8. The molecule has 0 saturated carbocycles. The summed E-state index contributed by atoms with van der Waals surface area (Å²) in [5.41, 5.74) is 10.6. The average molecular weight is 382 g/mol. The predicted octanol–water partition coefficient (Wildman–Crippen LogP) is 4.72. The van der Waals surface area contributed by atoms with Crippen LogP contribution in [0.4, 0.5) is 10.8 Å². The molecule has 0 radical (unpaired) electrons. The van der Waals surface area contributed by atoms with E-state index in [1.54, 1.807) is 6.92 Å². The molecule has 1 aromatic heterocycles. The Morgan fingerprint density at radius 2 is 1.85 bits per heavy atom. The number of aryl methyl sites for hydroxylation is 2. The third-order valence-electron chi connectivity index (χ3n) is 4.49. The average Bonchev–Trinajstić information content (AvgIpc) is 2.97. The third-order valence-corrected chi connectivity index (χ3v) is 5.29. The van der Waals surface area contributed by atoms with Gasteiger partial charge >= 0.3 is 0 Å². The summed E-state index contributed by atoms with van der Waals surface area (Å²) >= 11 is 1.47. The number of anilines is 2. The Bertz CT molecular complexity index is 964. The van der Waals surface area contributed by atoms with Gasteiger partial charge in [-0.2, -0.15) is 0 Å². The number of nitrogens with zero attached hydrogens (tertiary/aromatic N) is 1. The highest BCUT2D eigenvalue weighted by Gasteiger charge is 2.16.